The summed E-state index contributed by atoms with van der Waals surface area (Å²) < 4.78 is 0. The normalized spacial score (nSPS) is 12.3. The third-order valence-electron chi connectivity index (χ3n) is 4.02. The zero-order chi connectivity index (χ0) is 16.0. The van der Waals surface area contributed by atoms with Crippen molar-refractivity contribution in [2.75, 3.05) is 13.6 Å². The lowest BCUT2D eigenvalue weighted by Crippen LogP contribution is -2.06. The van der Waals surface area contributed by atoms with Crippen LogP contribution < -0.4 is 5.32 Å². The highest BCUT2D eigenvalue weighted by molar-refractivity contribution is 5.61. The molecular weight excluding hydrogens is 254 g/mol. The van der Waals surface area contributed by atoms with Crippen molar-refractivity contribution in [3.8, 4) is 0 Å². The molecule has 0 heterocycles. The summed E-state index contributed by atoms with van der Waals surface area (Å²) in [5, 5.41) is 3.20. The second-order valence-electron chi connectivity index (χ2n) is 6.87. The third-order valence-corrected chi connectivity index (χ3v) is 4.02. The van der Waals surface area contributed by atoms with E-state index in [2.05, 4.69) is 71.1 Å². The first kappa shape index (κ1) is 18.0. The van der Waals surface area contributed by atoms with Crippen LogP contribution in [0.5, 0.6) is 0 Å². The summed E-state index contributed by atoms with van der Waals surface area (Å²) >= 11 is 0. The maximum atomic E-state index is 3.20. The Balaban J connectivity index is 3.32. The summed E-state index contributed by atoms with van der Waals surface area (Å²) in [5.74, 6) is 1.71. The Morgan fingerprint density at radius 3 is 1.81 bits per heavy atom. The Kier molecular flexibility index (Phi) is 7.17. The van der Waals surface area contributed by atoms with Gasteiger partial charge in [-0.05, 0) is 60.0 Å². The Morgan fingerprint density at radius 1 is 0.905 bits per heavy atom. The minimum Gasteiger partial charge on any atom is -0.319 e. The van der Waals surface area contributed by atoms with Gasteiger partial charge in [-0.1, -0.05) is 65.8 Å². The number of benzene rings is 1. The lowest BCUT2D eigenvalue weighted by atomic mass is 9.84. The van der Waals surface area contributed by atoms with Crippen LogP contribution in [-0.2, 0) is 0 Å². The van der Waals surface area contributed by atoms with E-state index in [1.165, 1.54) is 22.3 Å². The minimum atomic E-state index is 0.560. The number of nitrogens with one attached hydrogen (secondary N) is 1. The van der Waals surface area contributed by atoms with E-state index in [9.17, 15) is 0 Å². The fourth-order valence-electron chi connectivity index (χ4n) is 2.63. The van der Waals surface area contributed by atoms with Crippen molar-refractivity contribution in [1.82, 2.24) is 5.32 Å². The van der Waals surface area contributed by atoms with E-state index in [0.717, 1.165) is 13.0 Å². The minimum absolute atomic E-state index is 0.560. The van der Waals surface area contributed by atoms with Gasteiger partial charge in [0.25, 0.3) is 0 Å². The number of rotatable bonds is 7. The van der Waals surface area contributed by atoms with E-state index in [-0.39, 0.29) is 0 Å². The summed E-state index contributed by atoms with van der Waals surface area (Å²) in [6.07, 6.45) is 5.72. The van der Waals surface area contributed by atoms with Crippen molar-refractivity contribution >= 4 is 6.08 Å². The van der Waals surface area contributed by atoms with Crippen molar-refractivity contribution in [3.05, 3.63) is 40.5 Å². The van der Waals surface area contributed by atoms with Gasteiger partial charge in [0.15, 0.2) is 0 Å². The first-order valence-corrected chi connectivity index (χ1v) is 8.37. The molecule has 0 fully saturated rings. The first-order valence-electron chi connectivity index (χ1n) is 8.37. The van der Waals surface area contributed by atoms with Crippen molar-refractivity contribution in [2.45, 2.75) is 65.7 Å². The molecular formula is C20H33N. The average Bonchev–Trinajstić information content (AvgIpc) is 2.42. The molecule has 0 aliphatic rings. The molecule has 1 N–H and O–H groups in total. The molecule has 1 rings (SSSR count). The first-order chi connectivity index (χ1) is 9.88. The predicted octanol–water partition coefficient (Wildman–Crippen LogP) is 5.68. The van der Waals surface area contributed by atoms with E-state index in [1.807, 2.05) is 7.05 Å². The second kappa shape index (κ2) is 8.38. The average molecular weight is 287 g/mol. The van der Waals surface area contributed by atoms with Crippen molar-refractivity contribution in [2.24, 2.45) is 0 Å². The zero-order valence-electron chi connectivity index (χ0n) is 15.0. The molecule has 1 heteroatoms. The van der Waals surface area contributed by atoms with Crippen LogP contribution in [0.1, 0.15) is 88.0 Å². The van der Waals surface area contributed by atoms with Crippen molar-refractivity contribution in [1.29, 1.82) is 0 Å². The molecule has 0 unspecified atom stereocenters. The standard InChI is InChI=1S/C20H33N/c1-14(2)17-12-19(15(3)4)18(10-8-9-11-21-7)20(13-17)16(5)6/h8,10,12-16,21H,9,11H2,1-7H3. The summed E-state index contributed by atoms with van der Waals surface area (Å²) in [5.41, 5.74) is 5.89. The van der Waals surface area contributed by atoms with Crippen LogP contribution in [-0.4, -0.2) is 13.6 Å². The Labute approximate surface area is 131 Å². The molecule has 0 saturated heterocycles. The molecule has 0 spiro atoms. The predicted molar refractivity (Wildman–Crippen MR) is 96.3 cm³/mol. The molecule has 0 radical (unpaired) electrons. The second-order valence-corrected chi connectivity index (χ2v) is 6.87. The van der Waals surface area contributed by atoms with E-state index < -0.39 is 0 Å². The molecule has 1 aromatic rings. The Bertz CT molecular complexity index is 438. The zero-order valence-corrected chi connectivity index (χ0v) is 15.0. The summed E-state index contributed by atoms with van der Waals surface area (Å²) in [7, 11) is 2.00. The lowest BCUT2D eigenvalue weighted by molar-refractivity contribution is 0.798. The van der Waals surface area contributed by atoms with Crippen molar-refractivity contribution < 1.29 is 0 Å². The van der Waals surface area contributed by atoms with Gasteiger partial charge in [-0.2, -0.15) is 0 Å². The summed E-state index contributed by atoms with van der Waals surface area (Å²) in [6, 6.07) is 4.83. The van der Waals surface area contributed by atoms with E-state index in [4.69, 9.17) is 0 Å². The van der Waals surface area contributed by atoms with Crippen LogP contribution in [0.4, 0.5) is 0 Å². The molecule has 0 bridgehead atoms. The van der Waals surface area contributed by atoms with E-state index >= 15 is 0 Å². The molecule has 0 aliphatic heterocycles. The smallest absolute Gasteiger partial charge is 0.00172 e. The maximum absolute atomic E-state index is 3.20. The largest absolute Gasteiger partial charge is 0.319 e. The Morgan fingerprint density at radius 2 is 1.43 bits per heavy atom. The van der Waals surface area contributed by atoms with Gasteiger partial charge in [-0.3, -0.25) is 0 Å². The molecule has 1 aromatic carbocycles. The van der Waals surface area contributed by atoms with Gasteiger partial charge in [0.2, 0.25) is 0 Å². The SMILES string of the molecule is CNCCC=Cc1c(C(C)C)cc(C(C)C)cc1C(C)C. The third kappa shape index (κ3) is 5.00. The van der Waals surface area contributed by atoms with Crippen LogP contribution >= 0.6 is 0 Å². The molecule has 0 aromatic heterocycles. The molecule has 21 heavy (non-hydrogen) atoms. The maximum Gasteiger partial charge on any atom is -0.00172 e. The van der Waals surface area contributed by atoms with Gasteiger partial charge in [-0.15, -0.1) is 0 Å². The van der Waals surface area contributed by atoms with Gasteiger partial charge < -0.3 is 5.32 Å². The molecule has 0 saturated carbocycles. The topological polar surface area (TPSA) is 12.0 Å². The highest BCUT2D eigenvalue weighted by Gasteiger charge is 2.15. The van der Waals surface area contributed by atoms with Crippen LogP contribution in [0.15, 0.2) is 18.2 Å². The fraction of sp³-hybridized carbons (Fsp3) is 0.600. The van der Waals surface area contributed by atoms with E-state index in [0.29, 0.717) is 17.8 Å². The van der Waals surface area contributed by atoms with Crippen LogP contribution in [0, 0.1) is 0 Å². The fourth-order valence-corrected chi connectivity index (χ4v) is 2.63. The van der Waals surface area contributed by atoms with E-state index in [1.54, 1.807) is 0 Å². The monoisotopic (exact) mass is 287 g/mol. The Hall–Kier alpha value is -1.08. The van der Waals surface area contributed by atoms with Crippen LogP contribution in [0.2, 0.25) is 0 Å². The van der Waals surface area contributed by atoms with Gasteiger partial charge in [0.05, 0.1) is 0 Å². The molecule has 1 nitrogen and oxygen atoms in total. The molecule has 0 atom stereocenters. The number of hydrogen-bond donors (Lipinski definition) is 1. The number of hydrogen-bond acceptors (Lipinski definition) is 1. The highest BCUT2D eigenvalue weighted by atomic mass is 14.8. The highest BCUT2D eigenvalue weighted by Crippen LogP contribution is 2.32. The van der Waals surface area contributed by atoms with Gasteiger partial charge in [0.1, 0.15) is 0 Å². The molecule has 118 valence electrons. The quantitative estimate of drug-likeness (QED) is 0.636. The van der Waals surface area contributed by atoms with Crippen LogP contribution in [0.3, 0.4) is 0 Å². The van der Waals surface area contributed by atoms with Gasteiger partial charge in [-0.25, -0.2) is 0 Å². The van der Waals surface area contributed by atoms with Crippen LogP contribution in [0.25, 0.3) is 6.08 Å². The summed E-state index contributed by atoms with van der Waals surface area (Å²) in [4.78, 5) is 0. The lowest BCUT2D eigenvalue weighted by Gasteiger charge is -2.21. The van der Waals surface area contributed by atoms with Gasteiger partial charge in [0, 0.05) is 0 Å². The van der Waals surface area contributed by atoms with Gasteiger partial charge >= 0.3 is 0 Å². The molecule has 0 aliphatic carbocycles. The van der Waals surface area contributed by atoms with Crippen molar-refractivity contribution in [3.63, 3.8) is 0 Å². The molecule has 0 amide bonds. The summed E-state index contributed by atoms with van der Waals surface area (Å²) in [6.45, 7) is 14.8.